The van der Waals surface area contributed by atoms with Gasteiger partial charge in [-0.15, -0.1) is 0 Å². The number of hydrogen-bond acceptors (Lipinski definition) is 4. The van der Waals surface area contributed by atoms with Gasteiger partial charge in [-0.1, -0.05) is 24.3 Å². The zero-order chi connectivity index (χ0) is 17.3. The Kier molecular flexibility index (Phi) is 4.46. The first-order chi connectivity index (χ1) is 11.5. The lowest BCUT2D eigenvalue weighted by Gasteiger charge is -2.28. The first kappa shape index (κ1) is 16.4. The number of carbonyl (C=O) groups is 2. The number of amides is 2. The van der Waals surface area contributed by atoms with E-state index in [2.05, 4.69) is 10.7 Å². The van der Waals surface area contributed by atoms with Crippen molar-refractivity contribution in [2.45, 2.75) is 0 Å². The molecule has 3 rings (SSSR count). The van der Waals surface area contributed by atoms with Crippen molar-refractivity contribution in [2.24, 2.45) is 0 Å². The highest BCUT2D eigenvalue weighted by molar-refractivity contribution is 7.80. The lowest BCUT2D eigenvalue weighted by atomic mass is 9.95. The molecule has 0 bridgehead atoms. The van der Waals surface area contributed by atoms with Crippen LogP contribution in [0.3, 0.4) is 0 Å². The smallest absolute Gasteiger partial charge is 0.280 e. The van der Waals surface area contributed by atoms with E-state index >= 15 is 0 Å². The van der Waals surface area contributed by atoms with Crippen LogP contribution in [0.15, 0.2) is 36.4 Å². The number of carbonyl (C=O) groups excluding carboxylic acids is 2. The van der Waals surface area contributed by atoms with Crippen LogP contribution in [0.25, 0.3) is 10.8 Å². The second kappa shape index (κ2) is 6.54. The Morgan fingerprint density at radius 3 is 2.21 bits per heavy atom. The fourth-order valence-corrected chi connectivity index (χ4v) is 2.86. The van der Waals surface area contributed by atoms with Gasteiger partial charge in [-0.25, -0.2) is 0 Å². The van der Waals surface area contributed by atoms with E-state index in [1.54, 1.807) is 24.3 Å². The highest BCUT2D eigenvalue weighted by atomic mass is 32.1. The summed E-state index contributed by atoms with van der Waals surface area (Å²) < 4.78 is 0. The van der Waals surface area contributed by atoms with Gasteiger partial charge in [0.1, 0.15) is 0 Å². The molecule has 0 spiro atoms. The van der Waals surface area contributed by atoms with Crippen molar-refractivity contribution in [3.63, 3.8) is 0 Å². The molecule has 2 aromatic rings. The topological polar surface area (TPSA) is 64.7 Å². The minimum absolute atomic E-state index is 0.241. The molecular formula is C17H18N4O2S. The van der Waals surface area contributed by atoms with Gasteiger partial charge in [-0.05, 0) is 43.8 Å². The monoisotopic (exact) mass is 342 g/mol. The van der Waals surface area contributed by atoms with Crippen molar-refractivity contribution in [1.82, 2.24) is 20.7 Å². The number of hydrogen-bond donors (Lipinski definition) is 2. The molecule has 0 fully saturated rings. The van der Waals surface area contributed by atoms with Crippen molar-refractivity contribution in [3.05, 3.63) is 47.5 Å². The molecule has 2 amide bonds. The molecule has 0 aliphatic carbocycles. The third-order valence-electron chi connectivity index (χ3n) is 3.83. The molecule has 2 aromatic carbocycles. The van der Waals surface area contributed by atoms with Gasteiger partial charge in [-0.2, -0.15) is 5.01 Å². The Bertz CT molecular complexity index is 784. The largest absolute Gasteiger partial charge is 0.360 e. The minimum atomic E-state index is -0.402. The summed E-state index contributed by atoms with van der Waals surface area (Å²) in [5.41, 5.74) is 3.70. The van der Waals surface area contributed by atoms with Crippen LogP contribution in [0.2, 0.25) is 0 Å². The van der Waals surface area contributed by atoms with Crippen LogP contribution >= 0.6 is 12.2 Å². The van der Waals surface area contributed by atoms with Crippen molar-refractivity contribution in [1.29, 1.82) is 0 Å². The van der Waals surface area contributed by atoms with Gasteiger partial charge in [0.15, 0.2) is 5.11 Å². The maximum atomic E-state index is 12.7. The number of nitrogens with zero attached hydrogens (tertiary/aromatic N) is 2. The summed E-state index contributed by atoms with van der Waals surface area (Å²) in [4.78, 5) is 27.4. The van der Waals surface area contributed by atoms with E-state index in [1.165, 1.54) is 0 Å². The fraction of sp³-hybridized carbons (Fsp3) is 0.235. The molecule has 0 aromatic heterocycles. The van der Waals surface area contributed by atoms with E-state index in [9.17, 15) is 9.59 Å². The van der Waals surface area contributed by atoms with Gasteiger partial charge in [-0.3, -0.25) is 15.0 Å². The molecule has 0 saturated carbocycles. The average Bonchev–Trinajstić information content (AvgIpc) is 2.56. The normalized spacial score (nSPS) is 13.5. The second-order valence-corrected chi connectivity index (χ2v) is 6.23. The lowest BCUT2D eigenvalue weighted by molar-refractivity contribution is 0.0566. The number of rotatable bonds is 4. The fourth-order valence-electron chi connectivity index (χ4n) is 2.67. The zero-order valence-electron chi connectivity index (χ0n) is 13.5. The molecular weight excluding hydrogens is 324 g/mol. The predicted octanol–water partition coefficient (Wildman–Crippen LogP) is 1.38. The van der Waals surface area contributed by atoms with Gasteiger partial charge in [0.2, 0.25) is 0 Å². The summed E-state index contributed by atoms with van der Waals surface area (Å²) in [7, 11) is 3.90. The van der Waals surface area contributed by atoms with E-state index in [-0.39, 0.29) is 5.11 Å². The third kappa shape index (κ3) is 2.95. The van der Waals surface area contributed by atoms with Gasteiger partial charge in [0.25, 0.3) is 11.8 Å². The average molecular weight is 342 g/mol. The van der Waals surface area contributed by atoms with Crippen LogP contribution < -0.4 is 10.7 Å². The molecule has 24 heavy (non-hydrogen) atoms. The van der Waals surface area contributed by atoms with E-state index < -0.39 is 11.8 Å². The van der Waals surface area contributed by atoms with Gasteiger partial charge < -0.3 is 10.2 Å². The van der Waals surface area contributed by atoms with Gasteiger partial charge in [0, 0.05) is 18.5 Å². The minimum Gasteiger partial charge on any atom is -0.360 e. The van der Waals surface area contributed by atoms with E-state index in [0.29, 0.717) is 23.1 Å². The van der Waals surface area contributed by atoms with E-state index in [0.717, 1.165) is 16.9 Å². The van der Waals surface area contributed by atoms with E-state index in [1.807, 2.05) is 31.1 Å². The summed E-state index contributed by atoms with van der Waals surface area (Å²) in [6, 6.07) is 10.8. The summed E-state index contributed by atoms with van der Waals surface area (Å²) in [6.45, 7) is 1.40. The SMILES string of the molecule is CN(C)CCNC(=S)NN1C(=O)c2cccc3cccc(c23)C1=O. The van der Waals surface area contributed by atoms with Crippen LogP contribution in [0, 0.1) is 0 Å². The van der Waals surface area contributed by atoms with Gasteiger partial charge >= 0.3 is 0 Å². The Hall–Kier alpha value is -2.51. The zero-order valence-corrected chi connectivity index (χ0v) is 14.3. The lowest BCUT2D eigenvalue weighted by Crippen LogP contribution is -2.54. The van der Waals surface area contributed by atoms with Crippen LogP contribution in [-0.2, 0) is 0 Å². The molecule has 6 nitrogen and oxygen atoms in total. The molecule has 0 unspecified atom stereocenters. The first-order valence-electron chi connectivity index (χ1n) is 7.59. The molecule has 2 N–H and O–H groups in total. The molecule has 0 radical (unpaired) electrons. The standard InChI is InChI=1S/C17H18N4O2S/c1-20(2)10-9-18-17(24)19-21-15(22)12-7-3-5-11-6-4-8-13(14(11)12)16(21)23/h3-8H,9-10H2,1-2H3,(H2,18,19,24). The van der Waals surface area contributed by atoms with Crippen molar-refractivity contribution >= 4 is 39.9 Å². The summed E-state index contributed by atoms with van der Waals surface area (Å²) in [6.07, 6.45) is 0. The quantitative estimate of drug-likeness (QED) is 0.646. The first-order valence-corrected chi connectivity index (χ1v) is 7.99. The number of likely N-dealkylation sites (N-methyl/N-ethyl adjacent to an activating group) is 1. The molecule has 0 atom stereocenters. The molecule has 124 valence electrons. The van der Waals surface area contributed by atoms with Crippen LogP contribution in [-0.4, -0.2) is 54.0 Å². The summed E-state index contributed by atoms with van der Waals surface area (Å²) in [5, 5.41) is 5.77. The predicted molar refractivity (Wildman–Crippen MR) is 96.7 cm³/mol. The van der Waals surface area contributed by atoms with Crippen molar-refractivity contribution in [3.8, 4) is 0 Å². The van der Waals surface area contributed by atoms with Crippen LogP contribution in [0.5, 0.6) is 0 Å². The van der Waals surface area contributed by atoms with Crippen LogP contribution in [0.4, 0.5) is 0 Å². The molecule has 7 heteroatoms. The number of imide groups is 1. The molecule has 1 aliphatic heterocycles. The third-order valence-corrected chi connectivity index (χ3v) is 4.07. The van der Waals surface area contributed by atoms with Crippen LogP contribution in [0.1, 0.15) is 20.7 Å². The highest BCUT2D eigenvalue weighted by Gasteiger charge is 2.33. The number of nitrogens with one attached hydrogen (secondary N) is 2. The maximum Gasteiger partial charge on any atom is 0.280 e. The van der Waals surface area contributed by atoms with Crippen molar-refractivity contribution < 1.29 is 9.59 Å². The Morgan fingerprint density at radius 1 is 1.08 bits per heavy atom. The highest BCUT2D eigenvalue weighted by Crippen LogP contribution is 2.29. The molecule has 1 aliphatic rings. The van der Waals surface area contributed by atoms with E-state index in [4.69, 9.17) is 12.2 Å². The Balaban J connectivity index is 1.83. The maximum absolute atomic E-state index is 12.7. The summed E-state index contributed by atoms with van der Waals surface area (Å²) in [5.74, 6) is -0.804. The number of benzene rings is 2. The van der Waals surface area contributed by atoms with Gasteiger partial charge in [0.05, 0.1) is 11.1 Å². The second-order valence-electron chi connectivity index (χ2n) is 5.83. The van der Waals surface area contributed by atoms with Crippen molar-refractivity contribution in [2.75, 3.05) is 27.2 Å². The molecule has 1 heterocycles. The Labute approximate surface area is 145 Å². The Morgan fingerprint density at radius 2 is 1.67 bits per heavy atom. The number of hydrazine groups is 1. The molecule has 0 saturated heterocycles. The number of thiocarbonyl (C=S) groups is 1. The summed E-state index contributed by atoms with van der Waals surface area (Å²) >= 11 is 5.19.